The van der Waals surface area contributed by atoms with Gasteiger partial charge < -0.3 is 5.11 Å². The summed E-state index contributed by atoms with van der Waals surface area (Å²) in [5.41, 5.74) is 3.30. The molecule has 1 aromatic carbocycles. The normalized spacial score (nSPS) is 13.3. The molecule has 0 aliphatic carbocycles. The molecule has 1 N–H and O–H groups in total. The van der Waals surface area contributed by atoms with Crippen molar-refractivity contribution in [2.24, 2.45) is 0 Å². The smallest absolute Gasteiger partial charge is 0.0833 e. The molecule has 1 heterocycles. The van der Waals surface area contributed by atoms with E-state index < -0.39 is 6.10 Å². The van der Waals surface area contributed by atoms with Crippen molar-refractivity contribution in [3.8, 4) is 0 Å². The molecule has 0 aliphatic heterocycles. The van der Waals surface area contributed by atoms with Crippen LogP contribution >= 0.6 is 0 Å². The topological polar surface area (TPSA) is 33.1 Å². The van der Waals surface area contributed by atoms with E-state index in [1.807, 2.05) is 36.5 Å². The molecule has 2 rings (SSSR count). The third kappa shape index (κ3) is 3.42. The number of pyridine rings is 1. The Morgan fingerprint density at radius 2 is 1.84 bits per heavy atom. The van der Waals surface area contributed by atoms with E-state index in [0.717, 1.165) is 11.1 Å². The summed E-state index contributed by atoms with van der Waals surface area (Å²) in [6.07, 6.45) is 3.67. The first-order valence-corrected chi connectivity index (χ1v) is 6.65. The van der Waals surface area contributed by atoms with Crippen LogP contribution in [-0.2, 0) is 11.8 Å². The zero-order valence-corrected chi connectivity index (χ0v) is 11.8. The minimum absolute atomic E-state index is 0.0342. The summed E-state index contributed by atoms with van der Waals surface area (Å²) < 4.78 is 0. The monoisotopic (exact) mass is 255 g/mol. The summed E-state index contributed by atoms with van der Waals surface area (Å²) in [6.45, 7) is 6.51. The lowest BCUT2D eigenvalue weighted by molar-refractivity contribution is 0.176. The number of aliphatic hydroxyl groups is 1. The van der Waals surface area contributed by atoms with Crippen LogP contribution in [0.25, 0.3) is 0 Å². The molecule has 0 amide bonds. The highest BCUT2D eigenvalue weighted by molar-refractivity contribution is 5.35. The average Bonchev–Trinajstić information content (AvgIpc) is 2.39. The van der Waals surface area contributed by atoms with E-state index in [1.165, 1.54) is 5.56 Å². The summed E-state index contributed by atoms with van der Waals surface area (Å²) in [5.74, 6) is 0. The first-order chi connectivity index (χ1) is 8.98. The maximum absolute atomic E-state index is 10.5. The fourth-order valence-electron chi connectivity index (χ4n) is 2.32. The van der Waals surface area contributed by atoms with Crippen LogP contribution in [-0.4, -0.2) is 10.1 Å². The quantitative estimate of drug-likeness (QED) is 0.908. The highest BCUT2D eigenvalue weighted by Crippen LogP contribution is 2.30. The fraction of sp³-hybridized carbons (Fsp3) is 0.353. The Labute approximate surface area is 115 Å². The zero-order valence-electron chi connectivity index (χ0n) is 11.8. The largest absolute Gasteiger partial charge is 0.388 e. The molecule has 100 valence electrons. The second-order valence-electron chi connectivity index (χ2n) is 5.92. The SMILES string of the molecule is CC(C)(C)c1ccccc1C(O)Cc1cccnc1. The average molecular weight is 255 g/mol. The molecule has 0 radical (unpaired) electrons. The number of hydrogen-bond acceptors (Lipinski definition) is 2. The van der Waals surface area contributed by atoms with E-state index in [-0.39, 0.29) is 5.41 Å². The first-order valence-electron chi connectivity index (χ1n) is 6.65. The highest BCUT2D eigenvalue weighted by atomic mass is 16.3. The second kappa shape index (κ2) is 5.54. The van der Waals surface area contributed by atoms with Gasteiger partial charge in [-0.3, -0.25) is 4.98 Å². The summed E-state index contributed by atoms with van der Waals surface area (Å²) in [5, 5.41) is 10.5. The minimum Gasteiger partial charge on any atom is -0.388 e. The van der Waals surface area contributed by atoms with E-state index in [1.54, 1.807) is 6.20 Å². The molecular weight excluding hydrogens is 234 g/mol. The van der Waals surface area contributed by atoms with Gasteiger partial charge in [-0.1, -0.05) is 51.1 Å². The molecule has 2 nitrogen and oxygen atoms in total. The van der Waals surface area contributed by atoms with Crippen LogP contribution in [0.5, 0.6) is 0 Å². The number of benzene rings is 1. The molecule has 2 aromatic rings. The fourth-order valence-corrected chi connectivity index (χ4v) is 2.32. The van der Waals surface area contributed by atoms with Gasteiger partial charge in [0.1, 0.15) is 0 Å². The van der Waals surface area contributed by atoms with Crippen LogP contribution in [0.3, 0.4) is 0 Å². The van der Waals surface area contributed by atoms with Crippen molar-refractivity contribution in [3.05, 3.63) is 65.5 Å². The molecule has 1 unspecified atom stereocenters. The van der Waals surface area contributed by atoms with Gasteiger partial charge in [-0.2, -0.15) is 0 Å². The van der Waals surface area contributed by atoms with Crippen molar-refractivity contribution in [2.75, 3.05) is 0 Å². The predicted octanol–water partition coefficient (Wildman–Crippen LogP) is 3.66. The zero-order chi connectivity index (χ0) is 13.9. The predicted molar refractivity (Wildman–Crippen MR) is 78.0 cm³/mol. The van der Waals surface area contributed by atoms with E-state index in [9.17, 15) is 5.11 Å². The van der Waals surface area contributed by atoms with Crippen molar-refractivity contribution in [1.29, 1.82) is 0 Å². The molecule has 0 bridgehead atoms. The lowest BCUT2D eigenvalue weighted by atomic mass is 9.81. The van der Waals surface area contributed by atoms with E-state index in [0.29, 0.717) is 6.42 Å². The Balaban J connectivity index is 2.27. The Kier molecular flexibility index (Phi) is 4.01. The van der Waals surface area contributed by atoms with Crippen molar-refractivity contribution in [2.45, 2.75) is 38.7 Å². The van der Waals surface area contributed by atoms with Crippen molar-refractivity contribution < 1.29 is 5.11 Å². The van der Waals surface area contributed by atoms with Gasteiger partial charge in [0.05, 0.1) is 6.10 Å². The maximum Gasteiger partial charge on any atom is 0.0833 e. The molecule has 1 atom stereocenters. The summed E-state index contributed by atoms with van der Waals surface area (Å²) in [7, 11) is 0. The van der Waals surface area contributed by atoms with Gasteiger partial charge >= 0.3 is 0 Å². The third-order valence-corrected chi connectivity index (χ3v) is 3.28. The van der Waals surface area contributed by atoms with E-state index >= 15 is 0 Å². The lowest BCUT2D eigenvalue weighted by Gasteiger charge is -2.25. The van der Waals surface area contributed by atoms with Crippen LogP contribution in [0.1, 0.15) is 43.6 Å². The van der Waals surface area contributed by atoms with Gasteiger partial charge in [0.2, 0.25) is 0 Å². The van der Waals surface area contributed by atoms with Crippen LogP contribution in [0.2, 0.25) is 0 Å². The van der Waals surface area contributed by atoms with Crippen molar-refractivity contribution in [3.63, 3.8) is 0 Å². The minimum atomic E-state index is -0.486. The summed E-state index contributed by atoms with van der Waals surface area (Å²) >= 11 is 0. The number of aliphatic hydroxyl groups excluding tert-OH is 1. The van der Waals surface area contributed by atoms with Gasteiger partial charge in [-0.15, -0.1) is 0 Å². The molecule has 0 spiro atoms. The summed E-state index contributed by atoms with van der Waals surface area (Å²) in [4.78, 5) is 4.09. The number of hydrogen-bond donors (Lipinski definition) is 1. The lowest BCUT2D eigenvalue weighted by Crippen LogP contribution is -2.16. The maximum atomic E-state index is 10.5. The van der Waals surface area contributed by atoms with E-state index in [2.05, 4.69) is 31.8 Å². The summed E-state index contributed by atoms with van der Waals surface area (Å²) in [6, 6.07) is 12.0. The van der Waals surface area contributed by atoms with Gasteiger partial charge in [0.25, 0.3) is 0 Å². The number of nitrogens with zero attached hydrogens (tertiary/aromatic N) is 1. The number of aromatic nitrogens is 1. The molecule has 0 saturated carbocycles. The van der Waals surface area contributed by atoms with Gasteiger partial charge in [0.15, 0.2) is 0 Å². The van der Waals surface area contributed by atoms with Gasteiger partial charge in [0, 0.05) is 18.8 Å². The Bertz CT molecular complexity index is 528. The molecule has 19 heavy (non-hydrogen) atoms. The van der Waals surface area contributed by atoms with Crippen LogP contribution in [0.15, 0.2) is 48.8 Å². The molecular formula is C17H21NO. The molecule has 0 saturated heterocycles. The Morgan fingerprint density at radius 3 is 2.47 bits per heavy atom. The van der Waals surface area contributed by atoms with Crippen LogP contribution in [0.4, 0.5) is 0 Å². The Hall–Kier alpha value is -1.67. The molecule has 0 aliphatic rings. The van der Waals surface area contributed by atoms with E-state index in [4.69, 9.17) is 0 Å². The molecule has 1 aromatic heterocycles. The molecule has 2 heteroatoms. The standard InChI is InChI=1S/C17H21NO/c1-17(2,3)15-9-5-4-8-14(15)16(19)11-13-7-6-10-18-12-13/h4-10,12,16,19H,11H2,1-3H3. The second-order valence-corrected chi connectivity index (χ2v) is 5.92. The van der Waals surface area contributed by atoms with Gasteiger partial charge in [-0.05, 0) is 28.2 Å². The highest BCUT2D eigenvalue weighted by Gasteiger charge is 2.21. The molecule has 0 fully saturated rings. The van der Waals surface area contributed by atoms with Crippen molar-refractivity contribution >= 4 is 0 Å². The first kappa shape index (κ1) is 13.8. The van der Waals surface area contributed by atoms with Crippen LogP contribution < -0.4 is 0 Å². The third-order valence-electron chi connectivity index (χ3n) is 3.28. The number of rotatable bonds is 3. The Morgan fingerprint density at radius 1 is 1.11 bits per heavy atom. The van der Waals surface area contributed by atoms with Crippen LogP contribution in [0, 0.1) is 0 Å². The van der Waals surface area contributed by atoms with Gasteiger partial charge in [-0.25, -0.2) is 0 Å². The van der Waals surface area contributed by atoms with Crippen molar-refractivity contribution in [1.82, 2.24) is 4.98 Å².